The quantitative estimate of drug-likeness (QED) is 0.724. The van der Waals surface area contributed by atoms with Gasteiger partial charge in [0.05, 0.1) is 0 Å². The number of Topliss-reactive ketones (excluding diaryl/α,β-unsaturated/α-hetero) is 1. The van der Waals surface area contributed by atoms with Crippen molar-refractivity contribution in [3.05, 3.63) is 59.7 Å². The summed E-state index contributed by atoms with van der Waals surface area (Å²) >= 11 is 0. The molecule has 0 saturated carbocycles. The molecule has 0 radical (unpaired) electrons. The number of hydrogen-bond donors (Lipinski definition) is 1. The number of ketones is 1. The maximum Gasteiger partial charge on any atom is 0.221 e. The standard InChI is InChI=1S/C18H17N5O2/c1-12-3-5-15(6-4-12)18-20-21-22-23(18)11-17(25)14-7-9-16(10-8-14)19-13(2)24/h3-10H,11H2,1-2H3,(H,19,24). The lowest BCUT2D eigenvalue weighted by molar-refractivity contribution is -0.114. The van der Waals surface area contributed by atoms with Crippen molar-refractivity contribution in [2.45, 2.75) is 20.4 Å². The summed E-state index contributed by atoms with van der Waals surface area (Å²) in [6.07, 6.45) is 0. The van der Waals surface area contributed by atoms with Crippen LogP contribution in [0.15, 0.2) is 48.5 Å². The number of hydrogen-bond acceptors (Lipinski definition) is 5. The van der Waals surface area contributed by atoms with Gasteiger partial charge >= 0.3 is 0 Å². The van der Waals surface area contributed by atoms with E-state index in [1.54, 1.807) is 24.3 Å². The third-order valence-electron chi connectivity index (χ3n) is 3.66. The van der Waals surface area contributed by atoms with Crippen molar-refractivity contribution in [3.63, 3.8) is 0 Å². The van der Waals surface area contributed by atoms with Gasteiger partial charge in [-0.3, -0.25) is 9.59 Å². The van der Waals surface area contributed by atoms with Gasteiger partial charge in [0.1, 0.15) is 6.54 Å². The van der Waals surface area contributed by atoms with Gasteiger partial charge in [-0.05, 0) is 41.6 Å². The molecule has 7 heteroatoms. The van der Waals surface area contributed by atoms with E-state index in [0.717, 1.165) is 11.1 Å². The maximum atomic E-state index is 12.5. The molecular formula is C18H17N5O2. The lowest BCUT2D eigenvalue weighted by Gasteiger charge is -2.06. The summed E-state index contributed by atoms with van der Waals surface area (Å²) < 4.78 is 1.48. The predicted molar refractivity (Wildman–Crippen MR) is 93.1 cm³/mol. The first-order valence-electron chi connectivity index (χ1n) is 7.77. The molecule has 0 unspecified atom stereocenters. The van der Waals surface area contributed by atoms with E-state index < -0.39 is 0 Å². The summed E-state index contributed by atoms with van der Waals surface area (Å²) in [5.41, 5.74) is 3.16. The van der Waals surface area contributed by atoms with Crippen LogP contribution in [-0.2, 0) is 11.3 Å². The van der Waals surface area contributed by atoms with Crippen LogP contribution in [0.5, 0.6) is 0 Å². The minimum absolute atomic E-state index is 0.0374. The van der Waals surface area contributed by atoms with E-state index in [2.05, 4.69) is 20.8 Å². The number of aromatic nitrogens is 4. The molecular weight excluding hydrogens is 318 g/mol. The molecule has 0 saturated heterocycles. The number of nitrogens with one attached hydrogen (secondary N) is 1. The van der Waals surface area contributed by atoms with Crippen molar-refractivity contribution in [3.8, 4) is 11.4 Å². The minimum atomic E-state index is -0.157. The third-order valence-corrected chi connectivity index (χ3v) is 3.66. The average Bonchev–Trinajstić information content (AvgIpc) is 3.03. The van der Waals surface area contributed by atoms with Gasteiger partial charge in [-0.15, -0.1) is 5.10 Å². The fraction of sp³-hybridized carbons (Fsp3) is 0.167. The summed E-state index contributed by atoms with van der Waals surface area (Å²) in [6, 6.07) is 14.5. The summed E-state index contributed by atoms with van der Waals surface area (Å²) in [6.45, 7) is 3.47. The number of aryl methyl sites for hydroxylation is 1. The summed E-state index contributed by atoms with van der Waals surface area (Å²) in [7, 11) is 0. The van der Waals surface area contributed by atoms with Crippen molar-refractivity contribution in [2.24, 2.45) is 0 Å². The van der Waals surface area contributed by atoms with Crippen molar-refractivity contribution < 1.29 is 9.59 Å². The fourth-order valence-electron chi connectivity index (χ4n) is 2.39. The molecule has 1 amide bonds. The molecule has 3 aromatic rings. The van der Waals surface area contributed by atoms with Crippen molar-refractivity contribution in [1.82, 2.24) is 20.2 Å². The average molecular weight is 335 g/mol. The third kappa shape index (κ3) is 3.95. The highest BCUT2D eigenvalue weighted by molar-refractivity contribution is 5.97. The first kappa shape index (κ1) is 16.5. The molecule has 1 N–H and O–H groups in total. The molecule has 3 rings (SSSR count). The molecule has 0 aliphatic rings. The van der Waals surface area contributed by atoms with E-state index in [1.807, 2.05) is 31.2 Å². The smallest absolute Gasteiger partial charge is 0.221 e. The van der Waals surface area contributed by atoms with E-state index in [1.165, 1.54) is 11.6 Å². The Balaban J connectivity index is 1.76. The van der Waals surface area contributed by atoms with Crippen LogP contribution in [0.4, 0.5) is 5.69 Å². The van der Waals surface area contributed by atoms with E-state index in [4.69, 9.17) is 0 Å². The van der Waals surface area contributed by atoms with Crippen molar-refractivity contribution in [2.75, 3.05) is 5.32 Å². The van der Waals surface area contributed by atoms with E-state index in [-0.39, 0.29) is 18.2 Å². The second-order valence-corrected chi connectivity index (χ2v) is 5.71. The number of amides is 1. The molecule has 0 spiro atoms. The second-order valence-electron chi connectivity index (χ2n) is 5.71. The topological polar surface area (TPSA) is 89.8 Å². The van der Waals surface area contributed by atoms with E-state index in [9.17, 15) is 9.59 Å². The van der Waals surface area contributed by atoms with Gasteiger partial charge in [0.25, 0.3) is 0 Å². The highest BCUT2D eigenvalue weighted by Crippen LogP contribution is 2.17. The van der Waals surface area contributed by atoms with Gasteiger partial charge in [-0.25, -0.2) is 4.68 Å². The van der Waals surface area contributed by atoms with E-state index in [0.29, 0.717) is 17.1 Å². The molecule has 0 aliphatic carbocycles. The van der Waals surface area contributed by atoms with Crippen LogP contribution < -0.4 is 5.32 Å². The molecule has 25 heavy (non-hydrogen) atoms. The Morgan fingerprint density at radius 2 is 1.72 bits per heavy atom. The largest absolute Gasteiger partial charge is 0.326 e. The van der Waals surface area contributed by atoms with Crippen LogP contribution in [0, 0.1) is 6.92 Å². The molecule has 0 atom stereocenters. The normalized spacial score (nSPS) is 10.5. The highest BCUT2D eigenvalue weighted by Gasteiger charge is 2.14. The number of nitrogens with zero attached hydrogens (tertiary/aromatic N) is 4. The highest BCUT2D eigenvalue weighted by atomic mass is 16.1. The predicted octanol–water partition coefficient (Wildman–Crippen LogP) is 2.49. The number of carbonyl (C=O) groups excluding carboxylic acids is 2. The first-order valence-corrected chi connectivity index (χ1v) is 7.77. The van der Waals surface area contributed by atoms with Gasteiger partial charge < -0.3 is 5.32 Å². The Kier molecular flexibility index (Phi) is 4.65. The van der Waals surface area contributed by atoms with Gasteiger partial charge in [-0.1, -0.05) is 29.8 Å². The Morgan fingerprint density at radius 1 is 1.04 bits per heavy atom. The molecule has 1 aromatic heterocycles. The Bertz CT molecular complexity index is 898. The van der Waals surface area contributed by atoms with Crippen LogP contribution in [0.25, 0.3) is 11.4 Å². The summed E-state index contributed by atoms with van der Waals surface area (Å²) in [4.78, 5) is 23.5. The number of benzene rings is 2. The Labute approximate surface area is 144 Å². The van der Waals surface area contributed by atoms with Crippen LogP contribution in [0.3, 0.4) is 0 Å². The van der Waals surface area contributed by atoms with Gasteiger partial charge in [-0.2, -0.15) is 0 Å². The molecule has 0 aliphatic heterocycles. The maximum absolute atomic E-state index is 12.5. The molecule has 0 bridgehead atoms. The summed E-state index contributed by atoms with van der Waals surface area (Å²) in [5.74, 6) is 0.272. The first-order chi connectivity index (χ1) is 12.0. The SMILES string of the molecule is CC(=O)Nc1ccc(C(=O)Cn2nnnc2-c2ccc(C)cc2)cc1. The molecule has 1 heterocycles. The number of rotatable bonds is 5. The number of anilines is 1. The number of tetrazole rings is 1. The van der Waals surface area contributed by atoms with Crippen LogP contribution >= 0.6 is 0 Å². The lowest BCUT2D eigenvalue weighted by Crippen LogP contribution is -2.13. The van der Waals surface area contributed by atoms with Gasteiger partial charge in [0.2, 0.25) is 5.91 Å². The van der Waals surface area contributed by atoms with E-state index >= 15 is 0 Å². The monoisotopic (exact) mass is 335 g/mol. The van der Waals surface area contributed by atoms with Crippen LogP contribution in [-0.4, -0.2) is 31.9 Å². The summed E-state index contributed by atoms with van der Waals surface area (Å²) in [5, 5.41) is 14.3. The van der Waals surface area contributed by atoms with Crippen molar-refractivity contribution >= 4 is 17.4 Å². The van der Waals surface area contributed by atoms with Crippen molar-refractivity contribution in [1.29, 1.82) is 0 Å². The zero-order chi connectivity index (χ0) is 17.8. The number of carbonyl (C=O) groups is 2. The van der Waals surface area contributed by atoms with Gasteiger partial charge in [0, 0.05) is 23.7 Å². The molecule has 126 valence electrons. The Morgan fingerprint density at radius 3 is 2.36 bits per heavy atom. The second kappa shape index (κ2) is 7.04. The van der Waals surface area contributed by atoms with Crippen LogP contribution in [0.1, 0.15) is 22.8 Å². The fourth-order valence-corrected chi connectivity index (χ4v) is 2.39. The Hall–Kier alpha value is -3.35. The minimum Gasteiger partial charge on any atom is -0.326 e. The zero-order valence-corrected chi connectivity index (χ0v) is 13.9. The molecule has 2 aromatic carbocycles. The van der Waals surface area contributed by atoms with Crippen LogP contribution in [0.2, 0.25) is 0 Å². The lowest BCUT2D eigenvalue weighted by atomic mass is 10.1. The molecule has 0 fully saturated rings. The zero-order valence-electron chi connectivity index (χ0n) is 13.9. The molecule has 7 nitrogen and oxygen atoms in total. The van der Waals surface area contributed by atoms with Gasteiger partial charge in [0.15, 0.2) is 11.6 Å².